The molecule has 0 unspecified atom stereocenters. The van der Waals surface area contributed by atoms with E-state index in [2.05, 4.69) is 0 Å². The summed E-state index contributed by atoms with van der Waals surface area (Å²) < 4.78 is 19.0. The fourth-order valence-corrected chi connectivity index (χ4v) is 2.53. The number of hydrogen-bond acceptors (Lipinski definition) is 3. The lowest BCUT2D eigenvalue weighted by atomic mass is 9.99. The van der Waals surface area contributed by atoms with E-state index >= 15 is 0 Å². The average molecular weight is 349 g/mol. The summed E-state index contributed by atoms with van der Waals surface area (Å²) in [5, 5.41) is 10.6. The Hall–Kier alpha value is -3.47. The number of benzene rings is 3. The summed E-state index contributed by atoms with van der Waals surface area (Å²) in [5.74, 6) is 0.291. The normalized spacial score (nSPS) is 10.8. The van der Waals surface area contributed by atoms with Gasteiger partial charge in [0, 0.05) is 6.08 Å². The Bertz CT molecular complexity index is 922. The Morgan fingerprint density at radius 1 is 1.00 bits per heavy atom. The molecule has 26 heavy (non-hydrogen) atoms. The van der Waals surface area contributed by atoms with E-state index in [1.807, 2.05) is 30.3 Å². The first kappa shape index (κ1) is 17.4. The average Bonchev–Trinajstić information content (AvgIpc) is 2.66. The molecular formula is C21H16FNO3. The van der Waals surface area contributed by atoms with E-state index in [1.54, 1.807) is 30.3 Å². The van der Waals surface area contributed by atoms with Gasteiger partial charge in [0.05, 0.1) is 4.92 Å². The molecule has 0 aliphatic carbocycles. The van der Waals surface area contributed by atoms with Crippen LogP contribution in [0.4, 0.5) is 4.39 Å². The predicted octanol–water partition coefficient (Wildman–Crippen LogP) is 5.32. The molecule has 5 heteroatoms. The lowest BCUT2D eigenvalue weighted by Crippen LogP contribution is -1.96. The van der Waals surface area contributed by atoms with Gasteiger partial charge in [0.25, 0.3) is 0 Å². The number of nitro groups is 1. The van der Waals surface area contributed by atoms with Gasteiger partial charge >= 0.3 is 0 Å². The highest BCUT2D eigenvalue weighted by Crippen LogP contribution is 2.29. The van der Waals surface area contributed by atoms with Crippen molar-refractivity contribution in [3.63, 3.8) is 0 Å². The van der Waals surface area contributed by atoms with Gasteiger partial charge in [0.2, 0.25) is 6.20 Å². The molecule has 0 saturated carbocycles. The highest BCUT2D eigenvalue weighted by atomic mass is 19.1. The van der Waals surface area contributed by atoms with Crippen molar-refractivity contribution in [2.75, 3.05) is 0 Å². The van der Waals surface area contributed by atoms with Crippen LogP contribution < -0.4 is 4.74 Å². The van der Waals surface area contributed by atoms with Crippen LogP contribution in [0.1, 0.15) is 11.1 Å². The SMILES string of the molecule is O=[N+]([O-])/C=C/c1ccc(OCc2ccccc2)cc1-c1ccc(F)cc1. The van der Waals surface area contributed by atoms with Gasteiger partial charge in [-0.25, -0.2) is 4.39 Å². The summed E-state index contributed by atoms with van der Waals surface area (Å²) in [5.41, 5.74) is 3.17. The second kappa shape index (κ2) is 8.07. The van der Waals surface area contributed by atoms with E-state index in [1.165, 1.54) is 18.2 Å². The smallest absolute Gasteiger partial charge is 0.235 e. The van der Waals surface area contributed by atoms with Crippen LogP contribution in [0.15, 0.2) is 79.0 Å². The molecule has 0 atom stereocenters. The Labute approximate surface area is 150 Å². The van der Waals surface area contributed by atoms with Crippen LogP contribution in [0.25, 0.3) is 17.2 Å². The standard InChI is InChI=1S/C21H16FNO3/c22-19-9-6-17(7-10-19)21-14-20(11-8-18(21)12-13-23(24)25)26-15-16-4-2-1-3-5-16/h1-14H,15H2/b13-12+. The first-order chi connectivity index (χ1) is 12.6. The fourth-order valence-electron chi connectivity index (χ4n) is 2.53. The van der Waals surface area contributed by atoms with E-state index in [9.17, 15) is 14.5 Å². The molecule has 0 radical (unpaired) electrons. The van der Waals surface area contributed by atoms with Gasteiger partial charge in [-0.2, -0.15) is 0 Å². The van der Waals surface area contributed by atoms with Crippen molar-refractivity contribution in [2.45, 2.75) is 6.61 Å². The van der Waals surface area contributed by atoms with Crippen LogP contribution in [0.3, 0.4) is 0 Å². The number of halogens is 1. The Kier molecular flexibility index (Phi) is 5.39. The minimum absolute atomic E-state index is 0.340. The van der Waals surface area contributed by atoms with Crippen LogP contribution in [0, 0.1) is 15.9 Å². The quantitative estimate of drug-likeness (QED) is 0.447. The molecule has 0 aromatic heterocycles. The number of rotatable bonds is 6. The molecule has 4 nitrogen and oxygen atoms in total. The summed E-state index contributed by atoms with van der Waals surface area (Å²) in [7, 11) is 0. The van der Waals surface area contributed by atoms with Crippen molar-refractivity contribution in [2.24, 2.45) is 0 Å². The van der Waals surface area contributed by atoms with Crippen LogP contribution >= 0.6 is 0 Å². The Morgan fingerprint density at radius 3 is 2.42 bits per heavy atom. The Balaban J connectivity index is 1.91. The number of ether oxygens (including phenoxy) is 1. The molecule has 0 aliphatic heterocycles. The van der Waals surface area contributed by atoms with Gasteiger partial charge in [-0.1, -0.05) is 48.5 Å². The maximum absolute atomic E-state index is 13.2. The summed E-state index contributed by atoms with van der Waals surface area (Å²) in [6.07, 6.45) is 2.30. The molecule has 0 fully saturated rings. The van der Waals surface area contributed by atoms with Crippen LogP contribution in [-0.2, 0) is 6.61 Å². The van der Waals surface area contributed by atoms with Gasteiger partial charge in [-0.3, -0.25) is 10.1 Å². The fraction of sp³-hybridized carbons (Fsp3) is 0.0476. The van der Waals surface area contributed by atoms with Gasteiger partial charge in [0.1, 0.15) is 18.2 Å². The van der Waals surface area contributed by atoms with Crippen molar-refractivity contribution in [3.8, 4) is 16.9 Å². The molecule has 0 amide bonds. The number of nitrogens with zero attached hydrogens (tertiary/aromatic N) is 1. The topological polar surface area (TPSA) is 52.4 Å². The molecule has 0 N–H and O–H groups in total. The monoisotopic (exact) mass is 349 g/mol. The molecule has 130 valence electrons. The first-order valence-electron chi connectivity index (χ1n) is 8.00. The van der Waals surface area contributed by atoms with Crippen molar-refractivity contribution >= 4 is 6.08 Å². The lowest BCUT2D eigenvalue weighted by molar-refractivity contribution is -0.400. The summed E-state index contributed by atoms with van der Waals surface area (Å²) in [4.78, 5) is 10.1. The predicted molar refractivity (Wildman–Crippen MR) is 98.6 cm³/mol. The van der Waals surface area contributed by atoms with E-state index in [0.717, 1.165) is 22.9 Å². The van der Waals surface area contributed by atoms with Crippen LogP contribution in [0.5, 0.6) is 5.75 Å². The molecule has 0 aliphatic rings. The van der Waals surface area contributed by atoms with E-state index in [0.29, 0.717) is 17.9 Å². The highest BCUT2D eigenvalue weighted by Gasteiger charge is 2.07. The molecular weight excluding hydrogens is 333 g/mol. The maximum atomic E-state index is 13.2. The van der Waals surface area contributed by atoms with Gasteiger partial charge in [0.15, 0.2) is 0 Å². The van der Waals surface area contributed by atoms with Crippen LogP contribution in [-0.4, -0.2) is 4.92 Å². The Morgan fingerprint density at radius 2 is 1.73 bits per heavy atom. The lowest BCUT2D eigenvalue weighted by Gasteiger charge is -2.11. The zero-order valence-electron chi connectivity index (χ0n) is 13.8. The second-order valence-corrected chi connectivity index (χ2v) is 5.63. The number of hydrogen-bond donors (Lipinski definition) is 0. The molecule has 3 rings (SSSR count). The van der Waals surface area contributed by atoms with Crippen molar-refractivity contribution in [1.82, 2.24) is 0 Å². The van der Waals surface area contributed by atoms with Gasteiger partial charge in [-0.15, -0.1) is 0 Å². The van der Waals surface area contributed by atoms with E-state index < -0.39 is 4.92 Å². The van der Waals surface area contributed by atoms with Gasteiger partial charge < -0.3 is 4.74 Å². The van der Waals surface area contributed by atoms with E-state index in [4.69, 9.17) is 4.74 Å². The van der Waals surface area contributed by atoms with Crippen molar-refractivity contribution in [3.05, 3.63) is 106 Å². The molecule has 3 aromatic rings. The summed E-state index contributed by atoms with van der Waals surface area (Å²) >= 11 is 0. The molecule has 0 spiro atoms. The largest absolute Gasteiger partial charge is 0.489 e. The molecule has 0 saturated heterocycles. The third kappa shape index (κ3) is 4.54. The third-order valence-corrected chi connectivity index (χ3v) is 3.80. The second-order valence-electron chi connectivity index (χ2n) is 5.63. The molecule has 0 heterocycles. The summed E-state index contributed by atoms with van der Waals surface area (Å²) in [6.45, 7) is 0.410. The summed E-state index contributed by atoms with van der Waals surface area (Å²) in [6, 6.07) is 21.0. The molecule has 3 aromatic carbocycles. The van der Waals surface area contributed by atoms with Crippen molar-refractivity contribution < 1.29 is 14.1 Å². The zero-order valence-corrected chi connectivity index (χ0v) is 13.8. The minimum atomic E-state index is -0.520. The highest BCUT2D eigenvalue weighted by molar-refractivity contribution is 5.76. The van der Waals surface area contributed by atoms with Crippen LogP contribution in [0.2, 0.25) is 0 Å². The molecule has 0 bridgehead atoms. The van der Waals surface area contributed by atoms with E-state index in [-0.39, 0.29) is 5.82 Å². The third-order valence-electron chi connectivity index (χ3n) is 3.80. The maximum Gasteiger partial charge on any atom is 0.235 e. The minimum Gasteiger partial charge on any atom is -0.489 e. The zero-order chi connectivity index (χ0) is 18.4. The van der Waals surface area contributed by atoms with Crippen molar-refractivity contribution in [1.29, 1.82) is 0 Å². The van der Waals surface area contributed by atoms with Gasteiger partial charge in [-0.05, 0) is 46.5 Å². The first-order valence-corrected chi connectivity index (χ1v) is 8.00.